The zero-order valence-electron chi connectivity index (χ0n) is 13.8. The number of alkyl halides is 1. The van der Waals surface area contributed by atoms with Crippen molar-refractivity contribution in [1.29, 1.82) is 5.41 Å². The molecular weight excluding hydrogens is 372 g/mol. The summed E-state index contributed by atoms with van der Waals surface area (Å²) < 4.78 is 5.21. The van der Waals surface area contributed by atoms with Crippen LogP contribution in [-0.4, -0.2) is 35.1 Å². The second-order valence-electron chi connectivity index (χ2n) is 6.13. The number of carbonyl (C=O) groups excluding carboxylic acids is 2. The second kappa shape index (κ2) is 8.97. The van der Waals surface area contributed by atoms with Gasteiger partial charge in [-0.3, -0.25) is 4.79 Å². The molecule has 0 bridgehead atoms. The summed E-state index contributed by atoms with van der Waals surface area (Å²) in [7, 11) is 0. The van der Waals surface area contributed by atoms with E-state index in [9.17, 15) is 9.59 Å². The van der Waals surface area contributed by atoms with Crippen LogP contribution in [0.25, 0.3) is 0 Å². The number of hydrogen-bond donors (Lipinski definition) is 2. The Kier molecular flexibility index (Phi) is 6.97. The predicted molar refractivity (Wildman–Crippen MR) is 97.7 cm³/mol. The van der Waals surface area contributed by atoms with E-state index in [-0.39, 0.29) is 24.0 Å². The van der Waals surface area contributed by atoms with Crippen molar-refractivity contribution in [2.24, 2.45) is 5.92 Å². The molecule has 0 aromatic heterocycles. The van der Waals surface area contributed by atoms with E-state index in [1.54, 1.807) is 0 Å². The monoisotopic (exact) mass is 394 g/mol. The Morgan fingerprint density at radius 3 is 2.79 bits per heavy atom. The van der Waals surface area contributed by atoms with Gasteiger partial charge in [-0.25, -0.2) is 4.79 Å². The van der Waals surface area contributed by atoms with Crippen LogP contribution in [-0.2, 0) is 9.53 Å². The molecule has 0 saturated carbocycles. The van der Waals surface area contributed by atoms with E-state index in [0.29, 0.717) is 16.8 Å². The Morgan fingerprint density at radius 2 is 2.21 bits per heavy atom. The van der Waals surface area contributed by atoms with Crippen LogP contribution in [0.1, 0.15) is 32.6 Å². The summed E-state index contributed by atoms with van der Waals surface area (Å²) in [5.41, 5.74) is 0.794. The van der Waals surface area contributed by atoms with Crippen molar-refractivity contribution in [3.63, 3.8) is 0 Å². The zero-order chi connectivity index (χ0) is 17.5. The minimum Gasteiger partial charge on any atom is -0.449 e. The number of alkyl carbamates (subject to hydrolysis) is 1. The van der Waals surface area contributed by atoms with Gasteiger partial charge in [0.25, 0.3) is 0 Å². The van der Waals surface area contributed by atoms with Crippen molar-refractivity contribution in [1.82, 2.24) is 5.32 Å². The zero-order valence-corrected chi connectivity index (χ0v) is 15.3. The minimum atomic E-state index is -0.947. The lowest BCUT2D eigenvalue weighted by atomic mass is 9.91. The second-order valence-corrected chi connectivity index (χ2v) is 7.43. The average Bonchev–Trinajstić information content (AvgIpc) is 2.58. The first-order chi connectivity index (χ1) is 11.5. The summed E-state index contributed by atoms with van der Waals surface area (Å²) in [6.07, 6.45) is 12.3. The van der Waals surface area contributed by atoms with Gasteiger partial charge in [0, 0.05) is 16.5 Å². The smallest absolute Gasteiger partial charge is 0.408 e. The van der Waals surface area contributed by atoms with Gasteiger partial charge in [0.2, 0.25) is 0 Å². The third kappa shape index (κ3) is 5.44. The van der Waals surface area contributed by atoms with E-state index in [1.807, 2.05) is 30.4 Å². The van der Waals surface area contributed by atoms with Gasteiger partial charge in [-0.2, -0.15) is 0 Å². The van der Waals surface area contributed by atoms with Gasteiger partial charge in [-0.05, 0) is 38.2 Å². The van der Waals surface area contributed by atoms with Crippen LogP contribution in [0.2, 0.25) is 0 Å². The van der Waals surface area contributed by atoms with Crippen molar-refractivity contribution in [2.75, 3.05) is 6.61 Å². The van der Waals surface area contributed by atoms with Gasteiger partial charge < -0.3 is 15.5 Å². The normalized spacial score (nSPS) is 24.0. The molecule has 1 amide bonds. The number of halogens is 1. The minimum absolute atomic E-state index is 0.110. The van der Waals surface area contributed by atoms with Gasteiger partial charge >= 0.3 is 6.09 Å². The van der Waals surface area contributed by atoms with Crippen LogP contribution in [0.3, 0.4) is 0 Å². The van der Waals surface area contributed by atoms with E-state index < -0.39 is 12.1 Å². The summed E-state index contributed by atoms with van der Waals surface area (Å²) in [5.74, 6) is -0.0489. The molecule has 3 unspecified atom stereocenters. The molecule has 0 heterocycles. The fraction of sp³-hybridized carbons (Fsp3) is 0.500. The molecule has 6 heteroatoms. The van der Waals surface area contributed by atoms with Crippen LogP contribution >= 0.6 is 15.9 Å². The van der Waals surface area contributed by atoms with Crippen LogP contribution < -0.4 is 5.32 Å². The Morgan fingerprint density at radius 1 is 1.42 bits per heavy atom. The molecule has 0 aromatic rings. The van der Waals surface area contributed by atoms with E-state index in [0.717, 1.165) is 19.3 Å². The lowest BCUT2D eigenvalue weighted by molar-refractivity contribution is -0.116. The van der Waals surface area contributed by atoms with Gasteiger partial charge in [0.05, 0.1) is 6.61 Å². The number of hydrogen-bond acceptors (Lipinski definition) is 4. The Bertz CT molecular complexity index is 595. The van der Waals surface area contributed by atoms with Crippen molar-refractivity contribution in [3.8, 4) is 0 Å². The third-order valence-corrected chi connectivity index (χ3v) is 4.95. The molecule has 0 fully saturated rings. The van der Waals surface area contributed by atoms with E-state index in [4.69, 9.17) is 10.1 Å². The number of nitrogens with one attached hydrogen (secondary N) is 2. The van der Waals surface area contributed by atoms with E-state index in [2.05, 4.69) is 21.2 Å². The molecule has 0 spiro atoms. The van der Waals surface area contributed by atoms with Gasteiger partial charge in [0.15, 0.2) is 5.78 Å². The third-order valence-electron chi connectivity index (χ3n) is 4.12. The number of allylic oxidation sites excluding steroid dienone is 4. The molecule has 2 aliphatic rings. The maximum absolute atomic E-state index is 12.6. The molecule has 0 aliphatic heterocycles. The molecule has 24 heavy (non-hydrogen) atoms. The summed E-state index contributed by atoms with van der Waals surface area (Å²) in [6.45, 7) is 1.78. The Hall–Kier alpha value is -1.69. The molecule has 2 rings (SSSR count). The van der Waals surface area contributed by atoms with E-state index in [1.165, 1.54) is 6.92 Å². The number of rotatable bonds is 6. The van der Waals surface area contributed by atoms with Crippen molar-refractivity contribution in [3.05, 3.63) is 36.0 Å². The molecule has 0 saturated heterocycles. The molecule has 130 valence electrons. The Labute approximate surface area is 150 Å². The number of ether oxygens (including phenoxy) is 1. The standard InChI is InChI=1S/C18H23BrN2O3/c1-12(20)16(17(22)14-7-9-15(19)10-8-14)21-18(23)24-11-13-5-3-2-4-6-13/h2-5,7,13,15-16,20H,6,8-11H2,1H3,(H,21,23). The first-order valence-corrected chi connectivity index (χ1v) is 9.08. The number of ketones is 1. The molecule has 0 aromatic carbocycles. The molecular formula is C18H23BrN2O3. The van der Waals surface area contributed by atoms with Crippen molar-refractivity contribution < 1.29 is 14.3 Å². The molecule has 2 aliphatic carbocycles. The lowest BCUT2D eigenvalue weighted by Crippen LogP contribution is -2.46. The highest BCUT2D eigenvalue weighted by Gasteiger charge is 2.28. The molecule has 3 atom stereocenters. The number of Topliss-reactive ketones (excluding diaryl/α,β-unsaturated/α-hetero) is 1. The summed E-state index contributed by atoms with van der Waals surface area (Å²) in [6, 6.07) is -0.947. The fourth-order valence-electron chi connectivity index (χ4n) is 2.68. The molecule has 5 nitrogen and oxygen atoms in total. The maximum atomic E-state index is 12.6. The summed E-state index contributed by atoms with van der Waals surface area (Å²) in [5, 5.41) is 10.3. The van der Waals surface area contributed by atoms with Gasteiger partial charge in [-0.1, -0.05) is 46.3 Å². The number of carbonyl (C=O) groups is 2. The largest absolute Gasteiger partial charge is 0.449 e. The van der Waals surface area contributed by atoms with Crippen LogP contribution in [0, 0.1) is 11.3 Å². The van der Waals surface area contributed by atoms with Crippen molar-refractivity contribution in [2.45, 2.75) is 43.5 Å². The highest BCUT2D eigenvalue weighted by atomic mass is 79.9. The first-order valence-electron chi connectivity index (χ1n) is 8.16. The fourth-order valence-corrected chi connectivity index (χ4v) is 3.10. The van der Waals surface area contributed by atoms with Crippen molar-refractivity contribution >= 4 is 33.5 Å². The van der Waals surface area contributed by atoms with E-state index >= 15 is 0 Å². The highest BCUT2D eigenvalue weighted by molar-refractivity contribution is 9.09. The van der Waals surface area contributed by atoms with Crippen LogP contribution in [0.15, 0.2) is 36.0 Å². The molecule has 2 N–H and O–H groups in total. The van der Waals surface area contributed by atoms with Crippen LogP contribution in [0.5, 0.6) is 0 Å². The SMILES string of the molecule is CC(=N)C(NC(=O)OCC1C=CC=CC1)C(=O)C1=CCC(Br)CC1. The maximum Gasteiger partial charge on any atom is 0.408 e. The quantitative estimate of drug-likeness (QED) is 0.532. The topological polar surface area (TPSA) is 79.2 Å². The summed E-state index contributed by atoms with van der Waals surface area (Å²) in [4.78, 5) is 25.0. The lowest BCUT2D eigenvalue weighted by Gasteiger charge is -2.22. The van der Waals surface area contributed by atoms with Crippen LogP contribution in [0.4, 0.5) is 4.79 Å². The van der Waals surface area contributed by atoms with Gasteiger partial charge in [0.1, 0.15) is 6.04 Å². The molecule has 0 radical (unpaired) electrons. The summed E-state index contributed by atoms with van der Waals surface area (Å²) >= 11 is 3.53. The number of amides is 1. The first kappa shape index (κ1) is 18.6. The Balaban J connectivity index is 1.89. The van der Waals surface area contributed by atoms with Gasteiger partial charge in [-0.15, -0.1) is 0 Å². The average molecular weight is 395 g/mol. The predicted octanol–water partition coefficient (Wildman–Crippen LogP) is 3.70. The highest BCUT2D eigenvalue weighted by Crippen LogP contribution is 2.25.